The second-order valence-electron chi connectivity index (χ2n) is 4.12. The fourth-order valence-electron chi connectivity index (χ4n) is 1.90. The second-order valence-corrected chi connectivity index (χ2v) is 4.12. The summed E-state index contributed by atoms with van der Waals surface area (Å²) >= 11 is 0. The molecule has 0 saturated carbocycles. The van der Waals surface area contributed by atoms with Gasteiger partial charge in [-0.15, -0.1) is 0 Å². The molecule has 2 rings (SSSR count). The number of anilines is 1. The molecule has 0 bridgehead atoms. The van der Waals surface area contributed by atoms with Crippen LogP contribution in [-0.4, -0.2) is 4.98 Å². The highest BCUT2D eigenvalue weighted by Gasteiger charge is 2.33. The normalized spacial score (nSPS) is 11.9. The first-order valence-corrected chi connectivity index (χ1v) is 5.29. The lowest BCUT2D eigenvalue weighted by molar-refractivity contribution is -0.140. The summed E-state index contributed by atoms with van der Waals surface area (Å²) in [7, 11) is 0. The molecule has 18 heavy (non-hydrogen) atoms. The molecule has 0 unspecified atom stereocenters. The van der Waals surface area contributed by atoms with E-state index in [2.05, 4.69) is 10.4 Å². The molecule has 3 nitrogen and oxygen atoms in total. The van der Waals surface area contributed by atoms with Crippen molar-refractivity contribution in [3.63, 3.8) is 0 Å². The Bertz CT molecular complexity index is 606. The number of halogens is 3. The number of nitrogens with one attached hydrogen (secondary N) is 1. The molecule has 0 fully saturated rings. The monoisotopic (exact) mass is 255 g/mol. The van der Waals surface area contributed by atoms with E-state index in [0.717, 1.165) is 11.6 Å². The SMILES string of the molecule is Cc1ccc(C)c2c(NN)cc(C(F)(F)F)nc12. The summed E-state index contributed by atoms with van der Waals surface area (Å²) in [6.45, 7) is 3.52. The minimum Gasteiger partial charge on any atom is -0.323 e. The molecule has 0 saturated heterocycles. The van der Waals surface area contributed by atoms with Crippen molar-refractivity contribution in [3.05, 3.63) is 35.0 Å². The third kappa shape index (κ3) is 1.99. The van der Waals surface area contributed by atoms with Crippen molar-refractivity contribution in [1.29, 1.82) is 0 Å². The second kappa shape index (κ2) is 4.13. The summed E-state index contributed by atoms with van der Waals surface area (Å²) in [6, 6.07) is 4.49. The molecule has 0 amide bonds. The number of rotatable bonds is 1. The molecule has 0 aliphatic rings. The lowest BCUT2D eigenvalue weighted by Gasteiger charge is -2.14. The number of fused-ring (bicyclic) bond motifs is 1. The van der Waals surface area contributed by atoms with E-state index in [-0.39, 0.29) is 5.69 Å². The number of alkyl halides is 3. The van der Waals surface area contributed by atoms with Crippen molar-refractivity contribution in [1.82, 2.24) is 4.98 Å². The van der Waals surface area contributed by atoms with E-state index in [1.165, 1.54) is 0 Å². The molecule has 0 atom stereocenters. The minimum absolute atomic E-state index is 0.230. The van der Waals surface area contributed by atoms with Gasteiger partial charge in [0.15, 0.2) is 0 Å². The van der Waals surface area contributed by atoms with Crippen LogP contribution in [-0.2, 0) is 6.18 Å². The summed E-state index contributed by atoms with van der Waals surface area (Å²) in [6.07, 6.45) is -4.49. The summed E-state index contributed by atoms with van der Waals surface area (Å²) in [5.74, 6) is 5.30. The first-order valence-electron chi connectivity index (χ1n) is 5.29. The van der Waals surface area contributed by atoms with Crippen molar-refractivity contribution in [2.45, 2.75) is 20.0 Å². The largest absolute Gasteiger partial charge is 0.433 e. The zero-order valence-corrected chi connectivity index (χ0v) is 9.89. The summed E-state index contributed by atoms with van der Waals surface area (Å²) in [5, 5.41) is 0.616. The molecule has 1 aromatic carbocycles. The Hall–Kier alpha value is -1.82. The van der Waals surface area contributed by atoms with Gasteiger partial charge < -0.3 is 5.43 Å². The highest BCUT2D eigenvalue weighted by Crippen LogP contribution is 2.34. The van der Waals surface area contributed by atoms with Gasteiger partial charge >= 0.3 is 6.18 Å². The number of nitrogens with zero attached hydrogens (tertiary/aromatic N) is 1. The van der Waals surface area contributed by atoms with E-state index in [9.17, 15) is 13.2 Å². The van der Waals surface area contributed by atoms with Gasteiger partial charge in [-0.05, 0) is 31.0 Å². The number of aromatic nitrogens is 1. The van der Waals surface area contributed by atoms with Gasteiger partial charge in [0.2, 0.25) is 0 Å². The smallest absolute Gasteiger partial charge is 0.323 e. The molecule has 3 N–H and O–H groups in total. The van der Waals surface area contributed by atoms with Crippen LogP contribution in [0.15, 0.2) is 18.2 Å². The molecule has 1 aromatic heterocycles. The molecule has 0 radical (unpaired) electrons. The van der Waals surface area contributed by atoms with Crippen LogP contribution in [0.2, 0.25) is 0 Å². The number of hydrogen-bond donors (Lipinski definition) is 2. The summed E-state index contributed by atoms with van der Waals surface area (Å²) < 4.78 is 38.2. The van der Waals surface area contributed by atoms with Gasteiger partial charge in [0.1, 0.15) is 5.69 Å². The van der Waals surface area contributed by atoms with Crippen LogP contribution < -0.4 is 11.3 Å². The van der Waals surface area contributed by atoms with Crippen molar-refractivity contribution < 1.29 is 13.2 Å². The Balaban J connectivity index is 2.88. The van der Waals surface area contributed by atoms with E-state index in [1.54, 1.807) is 19.9 Å². The van der Waals surface area contributed by atoms with Crippen molar-refractivity contribution in [3.8, 4) is 0 Å². The lowest BCUT2D eigenvalue weighted by Crippen LogP contribution is -2.13. The number of benzene rings is 1. The molecule has 2 aromatic rings. The van der Waals surface area contributed by atoms with Gasteiger partial charge in [0.25, 0.3) is 0 Å². The number of nitrogens with two attached hydrogens (primary N) is 1. The number of nitrogen functional groups attached to an aromatic ring is 1. The Labute approximate surface area is 102 Å². The van der Waals surface area contributed by atoms with Crippen LogP contribution in [0.5, 0.6) is 0 Å². The average Bonchev–Trinajstić information content (AvgIpc) is 2.31. The third-order valence-corrected chi connectivity index (χ3v) is 2.82. The van der Waals surface area contributed by atoms with Gasteiger partial charge in [-0.2, -0.15) is 13.2 Å². The highest BCUT2D eigenvalue weighted by molar-refractivity contribution is 5.95. The lowest BCUT2D eigenvalue weighted by atomic mass is 10.0. The van der Waals surface area contributed by atoms with E-state index < -0.39 is 11.9 Å². The van der Waals surface area contributed by atoms with Crippen LogP contribution in [0, 0.1) is 13.8 Å². The number of pyridine rings is 1. The zero-order chi connectivity index (χ0) is 13.5. The van der Waals surface area contributed by atoms with Gasteiger partial charge in [0, 0.05) is 5.39 Å². The number of hydrogen-bond acceptors (Lipinski definition) is 3. The van der Waals surface area contributed by atoms with Gasteiger partial charge in [-0.25, -0.2) is 4.98 Å². The van der Waals surface area contributed by atoms with Crippen molar-refractivity contribution in [2.24, 2.45) is 5.84 Å². The standard InChI is InChI=1S/C12H12F3N3/c1-6-3-4-7(2)11-10(6)8(18-16)5-9(17-11)12(13,14)15/h3-5H,16H2,1-2H3,(H,17,18). The minimum atomic E-state index is -4.49. The summed E-state index contributed by atoms with van der Waals surface area (Å²) in [4.78, 5) is 3.69. The molecule has 0 aliphatic carbocycles. The van der Waals surface area contributed by atoms with E-state index in [4.69, 9.17) is 5.84 Å². The molecular formula is C12H12F3N3. The Morgan fingerprint density at radius 2 is 1.78 bits per heavy atom. The van der Waals surface area contributed by atoms with Crippen LogP contribution in [0.25, 0.3) is 10.9 Å². The van der Waals surface area contributed by atoms with Crippen LogP contribution in [0.1, 0.15) is 16.8 Å². The van der Waals surface area contributed by atoms with E-state index >= 15 is 0 Å². The maximum absolute atomic E-state index is 12.7. The fourth-order valence-corrected chi connectivity index (χ4v) is 1.90. The average molecular weight is 255 g/mol. The maximum atomic E-state index is 12.7. The number of hydrazine groups is 1. The molecule has 0 spiro atoms. The Kier molecular flexibility index (Phi) is 2.90. The van der Waals surface area contributed by atoms with Gasteiger partial charge in [-0.1, -0.05) is 12.1 Å². The predicted octanol–water partition coefficient (Wildman–Crippen LogP) is 3.16. The molecular weight excluding hydrogens is 243 g/mol. The number of aryl methyl sites for hydroxylation is 2. The first kappa shape index (κ1) is 12.6. The quantitative estimate of drug-likeness (QED) is 0.608. The zero-order valence-electron chi connectivity index (χ0n) is 9.89. The van der Waals surface area contributed by atoms with E-state index in [0.29, 0.717) is 16.5 Å². The molecule has 96 valence electrons. The highest BCUT2D eigenvalue weighted by atomic mass is 19.4. The Morgan fingerprint density at radius 3 is 2.33 bits per heavy atom. The van der Waals surface area contributed by atoms with Gasteiger partial charge in [-0.3, -0.25) is 5.84 Å². The first-order chi connectivity index (χ1) is 8.34. The predicted molar refractivity (Wildman–Crippen MR) is 64.0 cm³/mol. The van der Waals surface area contributed by atoms with Crippen LogP contribution in [0.4, 0.5) is 18.9 Å². The fraction of sp³-hybridized carbons (Fsp3) is 0.250. The molecule has 6 heteroatoms. The van der Waals surface area contributed by atoms with Crippen LogP contribution >= 0.6 is 0 Å². The molecule has 0 aliphatic heterocycles. The van der Waals surface area contributed by atoms with Crippen molar-refractivity contribution in [2.75, 3.05) is 5.43 Å². The Morgan fingerprint density at radius 1 is 1.17 bits per heavy atom. The van der Waals surface area contributed by atoms with E-state index in [1.807, 2.05) is 6.07 Å². The van der Waals surface area contributed by atoms with Gasteiger partial charge in [0.05, 0.1) is 11.2 Å². The summed E-state index contributed by atoms with van der Waals surface area (Å²) in [5.41, 5.74) is 3.41. The molecule has 1 heterocycles. The third-order valence-electron chi connectivity index (χ3n) is 2.82. The topological polar surface area (TPSA) is 50.9 Å². The van der Waals surface area contributed by atoms with Crippen LogP contribution in [0.3, 0.4) is 0 Å². The maximum Gasteiger partial charge on any atom is 0.433 e. The van der Waals surface area contributed by atoms with Crippen molar-refractivity contribution >= 4 is 16.6 Å².